The molecule has 2 N–H and O–H groups in total. The molecule has 6 heteroatoms. The second-order valence-electron chi connectivity index (χ2n) is 4.75. The lowest BCUT2D eigenvalue weighted by Gasteiger charge is -2.08. The Hall–Kier alpha value is -1.76. The summed E-state index contributed by atoms with van der Waals surface area (Å²) < 4.78 is 26.6. The lowest BCUT2D eigenvalue weighted by atomic mass is 10.2. The third kappa shape index (κ3) is 4.93. The van der Waals surface area contributed by atoms with Gasteiger partial charge >= 0.3 is 0 Å². The normalized spacial score (nSPS) is 11.5. The van der Waals surface area contributed by atoms with Crippen molar-refractivity contribution in [1.82, 2.24) is 15.0 Å². The monoisotopic (exact) mass is 305 g/mol. The third-order valence-electron chi connectivity index (χ3n) is 2.98. The van der Waals surface area contributed by atoms with E-state index < -0.39 is 10.0 Å². The van der Waals surface area contributed by atoms with Crippen LogP contribution in [0.1, 0.15) is 11.1 Å². The van der Waals surface area contributed by atoms with Crippen molar-refractivity contribution >= 4 is 10.0 Å². The number of benzene rings is 1. The van der Waals surface area contributed by atoms with E-state index in [1.807, 2.05) is 19.1 Å². The van der Waals surface area contributed by atoms with E-state index in [4.69, 9.17) is 0 Å². The topological polar surface area (TPSA) is 71.1 Å². The van der Waals surface area contributed by atoms with Gasteiger partial charge in [0.1, 0.15) is 0 Å². The van der Waals surface area contributed by atoms with Crippen LogP contribution in [-0.4, -0.2) is 26.5 Å². The maximum atomic E-state index is 12.0. The first kappa shape index (κ1) is 15.6. The molecule has 1 aromatic heterocycles. The fourth-order valence-corrected chi connectivity index (χ4v) is 2.84. The Kier molecular flexibility index (Phi) is 5.44. The predicted molar refractivity (Wildman–Crippen MR) is 82.3 cm³/mol. The average molecular weight is 305 g/mol. The lowest BCUT2D eigenvalue weighted by Crippen LogP contribution is -2.31. The van der Waals surface area contributed by atoms with Gasteiger partial charge in [0.15, 0.2) is 0 Å². The maximum absolute atomic E-state index is 12.0. The van der Waals surface area contributed by atoms with Crippen LogP contribution in [0.15, 0.2) is 53.7 Å². The molecule has 0 amide bonds. The van der Waals surface area contributed by atoms with Gasteiger partial charge in [-0.1, -0.05) is 23.8 Å². The number of nitrogens with zero attached hydrogens (tertiary/aromatic N) is 1. The van der Waals surface area contributed by atoms with Gasteiger partial charge in [0.25, 0.3) is 0 Å². The SMILES string of the molecule is Cc1ccc(S(=O)(=O)NCCNCc2cccnc2)cc1. The van der Waals surface area contributed by atoms with Gasteiger partial charge in [-0.3, -0.25) is 4.98 Å². The summed E-state index contributed by atoms with van der Waals surface area (Å²) in [5.41, 5.74) is 2.10. The van der Waals surface area contributed by atoms with Crippen LogP contribution in [0.3, 0.4) is 0 Å². The van der Waals surface area contributed by atoms with Crippen LogP contribution in [0.4, 0.5) is 0 Å². The molecule has 0 saturated heterocycles. The van der Waals surface area contributed by atoms with Crippen LogP contribution in [0.5, 0.6) is 0 Å². The molecular weight excluding hydrogens is 286 g/mol. The van der Waals surface area contributed by atoms with E-state index in [2.05, 4.69) is 15.0 Å². The van der Waals surface area contributed by atoms with Crippen LogP contribution >= 0.6 is 0 Å². The largest absolute Gasteiger partial charge is 0.311 e. The van der Waals surface area contributed by atoms with E-state index in [9.17, 15) is 8.42 Å². The summed E-state index contributed by atoms with van der Waals surface area (Å²) in [6.07, 6.45) is 3.50. The van der Waals surface area contributed by atoms with Crippen molar-refractivity contribution in [3.8, 4) is 0 Å². The second-order valence-corrected chi connectivity index (χ2v) is 6.52. The minimum atomic E-state index is -3.42. The Morgan fingerprint density at radius 3 is 2.52 bits per heavy atom. The summed E-state index contributed by atoms with van der Waals surface area (Å²) in [4.78, 5) is 4.31. The highest BCUT2D eigenvalue weighted by atomic mass is 32.2. The van der Waals surface area contributed by atoms with Crippen LogP contribution in [-0.2, 0) is 16.6 Å². The van der Waals surface area contributed by atoms with Gasteiger partial charge in [0, 0.05) is 32.0 Å². The summed E-state index contributed by atoms with van der Waals surface area (Å²) in [5.74, 6) is 0. The van der Waals surface area contributed by atoms with Crippen molar-refractivity contribution < 1.29 is 8.42 Å². The van der Waals surface area contributed by atoms with Crippen LogP contribution in [0, 0.1) is 6.92 Å². The zero-order valence-corrected chi connectivity index (χ0v) is 12.7. The van der Waals surface area contributed by atoms with Gasteiger partial charge in [0.05, 0.1) is 4.90 Å². The third-order valence-corrected chi connectivity index (χ3v) is 4.45. The molecule has 0 unspecified atom stereocenters. The predicted octanol–water partition coefficient (Wildman–Crippen LogP) is 1.46. The molecule has 2 rings (SSSR count). The van der Waals surface area contributed by atoms with Gasteiger partial charge in [-0.05, 0) is 30.7 Å². The van der Waals surface area contributed by atoms with E-state index >= 15 is 0 Å². The molecule has 0 saturated carbocycles. The number of pyridine rings is 1. The zero-order chi connectivity index (χ0) is 15.1. The van der Waals surface area contributed by atoms with Gasteiger partial charge in [-0.25, -0.2) is 13.1 Å². The van der Waals surface area contributed by atoms with E-state index in [0.717, 1.165) is 11.1 Å². The molecule has 21 heavy (non-hydrogen) atoms. The molecular formula is C15H19N3O2S. The Balaban J connectivity index is 1.76. The summed E-state index contributed by atoms with van der Waals surface area (Å²) in [7, 11) is -3.42. The van der Waals surface area contributed by atoms with Gasteiger partial charge < -0.3 is 5.32 Å². The van der Waals surface area contributed by atoms with E-state index in [0.29, 0.717) is 24.5 Å². The van der Waals surface area contributed by atoms with Crippen molar-refractivity contribution in [2.24, 2.45) is 0 Å². The second kappa shape index (κ2) is 7.31. The number of hydrogen-bond acceptors (Lipinski definition) is 4. The Morgan fingerprint density at radius 1 is 1.10 bits per heavy atom. The number of nitrogens with one attached hydrogen (secondary N) is 2. The molecule has 0 fully saturated rings. The number of aryl methyl sites for hydroxylation is 1. The minimum Gasteiger partial charge on any atom is -0.311 e. The molecule has 0 aliphatic heterocycles. The molecule has 0 bridgehead atoms. The fourth-order valence-electron chi connectivity index (χ4n) is 1.81. The zero-order valence-electron chi connectivity index (χ0n) is 11.9. The summed E-state index contributed by atoms with van der Waals surface area (Å²) in [6, 6.07) is 10.6. The smallest absolute Gasteiger partial charge is 0.240 e. The van der Waals surface area contributed by atoms with E-state index in [-0.39, 0.29) is 0 Å². The van der Waals surface area contributed by atoms with Crippen LogP contribution < -0.4 is 10.0 Å². The van der Waals surface area contributed by atoms with Crippen LogP contribution in [0.2, 0.25) is 0 Å². The van der Waals surface area contributed by atoms with Crippen molar-refractivity contribution in [1.29, 1.82) is 0 Å². The van der Waals surface area contributed by atoms with Crippen molar-refractivity contribution in [3.05, 3.63) is 59.9 Å². The highest BCUT2D eigenvalue weighted by molar-refractivity contribution is 7.89. The molecule has 5 nitrogen and oxygen atoms in total. The number of hydrogen-bond donors (Lipinski definition) is 2. The molecule has 0 atom stereocenters. The summed E-state index contributed by atoms with van der Waals surface area (Å²) >= 11 is 0. The molecule has 1 heterocycles. The Labute approximate surface area is 125 Å². The van der Waals surface area contributed by atoms with Gasteiger partial charge in [-0.15, -0.1) is 0 Å². The molecule has 0 spiro atoms. The maximum Gasteiger partial charge on any atom is 0.240 e. The van der Waals surface area contributed by atoms with E-state index in [1.54, 1.807) is 36.7 Å². The minimum absolute atomic E-state index is 0.292. The van der Waals surface area contributed by atoms with E-state index in [1.165, 1.54) is 0 Å². The van der Waals surface area contributed by atoms with Gasteiger partial charge in [0.2, 0.25) is 10.0 Å². The van der Waals surface area contributed by atoms with Gasteiger partial charge in [-0.2, -0.15) is 0 Å². The number of aromatic nitrogens is 1. The Bertz CT molecular complexity index is 655. The molecule has 1 aromatic carbocycles. The number of sulfonamides is 1. The average Bonchev–Trinajstić information content (AvgIpc) is 2.48. The summed E-state index contributed by atoms with van der Waals surface area (Å²) in [5, 5.41) is 3.17. The van der Waals surface area contributed by atoms with Crippen molar-refractivity contribution in [2.45, 2.75) is 18.4 Å². The first-order valence-corrected chi connectivity index (χ1v) is 8.22. The first-order chi connectivity index (χ1) is 10.1. The lowest BCUT2D eigenvalue weighted by molar-refractivity contribution is 0.576. The molecule has 2 aromatic rings. The first-order valence-electron chi connectivity index (χ1n) is 6.74. The fraction of sp³-hybridized carbons (Fsp3) is 0.267. The highest BCUT2D eigenvalue weighted by Crippen LogP contribution is 2.09. The van der Waals surface area contributed by atoms with Crippen molar-refractivity contribution in [3.63, 3.8) is 0 Å². The molecule has 0 radical (unpaired) electrons. The number of rotatable bonds is 7. The molecule has 0 aliphatic rings. The van der Waals surface area contributed by atoms with Crippen molar-refractivity contribution in [2.75, 3.05) is 13.1 Å². The Morgan fingerprint density at radius 2 is 1.86 bits per heavy atom. The standard InChI is InChI=1S/C15H19N3O2S/c1-13-4-6-15(7-5-13)21(19,20)18-10-9-17-12-14-3-2-8-16-11-14/h2-8,11,17-18H,9-10,12H2,1H3. The van der Waals surface area contributed by atoms with Crippen LogP contribution in [0.25, 0.3) is 0 Å². The quantitative estimate of drug-likeness (QED) is 0.760. The highest BCUT2D eigenvalue weighted by Gasteiger charge is 2.12. The molecule has 0 aliphatic carbocycles. The molecule has 112 valence electrons. The summed E-state index contributed by atoms with van der Waals surface area (Å²) in [6.45, 7) is 3.49.